The number of amides is 2. The van der Waals surface area contributed by atoms with Crippen molar-refractivity contribution in [2.75, 3.05) is 0 Å². The van der Waals surface area contributed by atoms with Crippen LogP contribution in [0.25, 0.3) is 0 Å². The van der Waals surface area contributed by atoms with E-state index in [0.29, 0.717) is 19.3 Å². The standard InChI is InChI=1S/C24H48N2O2/c1-4-7-9-11-13-15-17-20-23(27)26(22(25)19-6-3)24(28)21-18-16-14-12-10-8-5-2/h22H,4-21,25H2,1-3H3. The molecule has 1 atom stereocenters. The van der Waals surface area contributed by atoms with Crippen LogP contribution in [-0.4, -0.2) is 22.9 Å². The second kappa shape index (κ2) is 19.4. The number of hydrogen-bond donors (Lipinski definition) is 1. The Morgan fingerprint density at radius 2 is 0.964 bits per heavy atom. The number of hydrogen-bond acceptors (Lipinski definition) is 3. The zero-order valence-electron chi connectivity index (χ0n) is 19.1. The summed E-state index contributed by atoms with van der Waals surface area (Å²) in [5.41, 5.74) is 6.19. The van der Waals surface area contributed by atoms with Crippen molar-refractivity contribution in [2.45, 2.75) is 143 Å². The van der Waals surface area contributed by atoms with Crippen LogP contribution in [0.15, 0.2) is 0 Å². The van der Waals surface area contributed by atoms with Gasteiger partial charge in [0, 0.05) is 12.8 Å². The van der Waals surface area contributed by atoms with Crippen LogP contribution in [0.4, 0.5) is 0 Å². The van der Waals surface area contributed by atoms with Crippen LogP contribution in [0, 0.1) is 0 Å². The van der Waals surface area contributed by atoms with E-state index in [2.05, 4.69) is 13.8 Å². The molecule has 0 spiro atoms. The molecule has 2 N–H and O–H groups in total. The largest absolute Gasteiger partial charge is 0.311 e. The zero-order valence-corrected chi connectivity index (χ0v) is 19.1. The monoisotopic (exact) mass is 396 g/mol. The van der Waals surface area contributed by atoms with E-state index in [0.717, 1.165) is 32.1 Å². The number of rotatable bonds is 19. The third-order valence-electron chi connectivity index (χ3n) is 5.44. The van der Waals surface area contributed by atoms with Gasteiger partial charge in [0.1, 0.15) is 0 Å². The van der Waals surface area contributed by atoms with E-state index in [1.165, 1.54) is 69.1 Å². The van der Waals surface area contributed by atoms with Crippen molar-refractivity contribution in [1.82, 2.24) is 4.90 Å². The van der Waals surface area contributed by atoms with Crippen LogP contribution in [0.3, 0.4) is 0 Å². The summed E-state index contributed by atoms with van der Waals surface area (Å²) in [6.45, 7) is 6.48. The quantitative estimate of drug-likeness (QED) is 0.195. The fraction of sp³-hybridized carbons (Fsp3) is 0.917. The Balaban J connectivity index is 4.24. The average molecular weight is 397 g/mol. The molecule has 1 unspecified atom stereocenters. The van der Waals surface area contributed by atoms with Crippen molar-refractivity contribution in [2.24, 2.45) is 5.73 Å². The Bertz CT molecular complexity index is 355. The van der Waals surface area contributed by atoms with Gasteiger partial charge in [-0.2, -0.15) is 0 Å². The maximum absolute atomic E-state index is 12.7. The second-order valence-electron chi connectivity index (χ2n) is 8.26. The predicted molar refractivity (Wildman–Crippen MR) is 120 cm³/mol. The molecule has 0 aliphatic heterocycles. The maximum atomic E-state index is 12.7. The zero-order chi connectivity index (χ0) is 21.0. The topological polar surface area (TPSA) is 63.4 Å². The molecule has 2 amide bonds. The number of unbranched alkanes of at least 4 members (excludes halogenated alkanes) is 12. The Morgan fingerprint density at radius 1 is 0.607 bits per heavy atom. The molecule has 0 aliphatic rings. The molecular formula is C24H48N2O2. The third-order valence-corrected chi connectivity index (χ3v) is 5.44. The molecule has 0 radical (unpaired) electrons. The van der Waals surface area contributed by atoms with Crippen LogP contribution in [0.1, 0.15) is 136 Å². The van der Waals surface area contributed by atoms with Gasteiger partial charge in [-0.1, -0.05) is 104 Å². The minimum atomic E-state index is -0.459. The normalized spacial score (nSPS) is 12.1. The van der Waals surface area contributed by atoms with Gasteiger partial charge >= 0.3 is 0 Å². The predicted octanol–water partition coefficient (Wildman–Crippen LogP) is 6.71. The highest BCUT2D eigenvalue weighted by molar-refractivity contribution is 5.95. The molecule has 4 heteroatoms. The van der Waals surface area contributed by atoms with E-state index in [4.69, 9.17) is 5.73 Å². The number of carbonyl (C=O) groups excluding carboxylic acids is 2. The van der Waals surface area contributed by atoms with Gasteiger partial charge in [-0.15, -0.1) is 0 Å². The van der Waals surface area contributed by atoms with Gasteiger partial charge < -0.3 is 5.73 Å². The molecule has 4 nitrogen and oxygen atoms in total. The summed E-state index contributed by atoms with van der Waals surface area (Å²) in [6, 6.07) is 0. The number of imide groups is 1. The number of nitrogens with zero attached hydrogens (tertiary/aromatic N) is 1. The van der Waals surface area contributed by atoms with Crippen molar-refractivity contribution in [3.05, 3.63) is 0 Å². The minimum Gasteiger partial charge on any atom is -0.311 e. The van der Waals surface area contributed by atoms with Gasteiger partial charge in [-0.25, -0.2) is 0 Å². The molecule has 166 valence electrons. The van der Waals surface area contributed by atoms with Crippen molar-refractivity contribution in [1.29, 1.82) is 0 Å². The van der Waals surface area contributed by atoms with Crippen LogP contribution in [-0.2, 0) is 9.59 Å². The maximum Gasteiger partial charge on any atom is 0.230 e. The first-order valence-corrected chi connectivity index (χ1v) is 12.2. The number of carbonyl (C=O) groups is 2. The Kier molecular flexibility index (Phi) is 18.8. The van der Waals surface area contributed by atoms with Crippen molar-refractivity contribution in [3.8, 4) is 0 Å². The van der Waals surface area contributed by atoms with Gasteiger partial charge in [0.2, 0.25) is 11.8 Å². The van der Waals surface area contributed by atoms with E-state index < -0.39 is 6.17 Å². The van der Waals surface area contributed by atoms with Crippen molar-refractivity contribution in [3.63, 3.8) is 0 Å². The Hall–Kier alpha value is -0.900. The lowest BCUT2D eigenvalue weighted by molar-refractivity contribution is -0.148. The van der Waals surface area contributed by atoms with E-state index in [9.17, 15) is 9.59 Å². The molecule has 0 bridgehead atoms. The van der Waals surface area contributed by atoms with Crippen molar-refractivity contribution < 1.29 is 9.59 Å². The molecule has 0 rings (SSSR count). The molecule has 28 heavy (non-hydrogen) atoms. The van der Waals surface area contributed by atoms with E-state index in [1.807, 2.05) is 6.92 Å². The van der Waals surface area contributed by atoms with E-state index in [-0.39, 0.29) is 11.8 Å². The lowest BCUT2D eigenvalue weighted by Crippen LogP contribution is -2.49. The molecule has 0 heterocycles. The first-order valence-electron chi connectivity index (χ1n) is 12.2. The van der Waals surface area contributed by atoms with Crippen LogP contribution < -0.4 is 5.73 Å². The molecule has 0 aromatic carbocycles. The summed E-state index contributed by atoms with van der Waals surface area (Å²) in [6.07, 6.45) is 18.4. The highest BCUT2D eigenvalue weighted by Gasteiger charge is 2.25. The molecule has 0 fully saturated rings. The lowest BCUT2D eigenvalue weighted by atomic mass is 10.1. The third kappa shape index (κ3) is 14.1. The highest BCUT2D eigenvalue weighted by atomic mass is 16.2. The van der Waals surface area contributed by atoms with Gasteiger partial charge in [0.05, 0.1) is 6.17 Å². The van der Waals surface area contributed by atoms with Crippen LogP contribution >= 0.6 is 0 Å². The lowest BCUT2D eigenvalue weighted by Gasteiger charge is -2.27. The Labute approximate surface area is 175 Å². The molecule has 0 aliphatic carbocycles. The SMILES string of the molecule is CCCCCCCCCC(=O)N(C(=O)CCCCCCCCC)C(N)CCC. The van der Waals surface area contributed by atoms with Gasteiger partial charge in [-0.3, -0.25) is 14.5 Å². The van der Waals surface area contributed by atoms with Gasteiger partial charge in [0.25, 0.3) is 0 Å². The second-order valence-corrected chi connectivity index (χ2v) is 8.26. The summed E-state index contributed by atoms with van der Waals surface area (Å²) < 4.78 is 0. The molecule has 0 aromatic rings. The van der Waals surface area contributed by atoms with E-state index >= 15 is 0 Å². The summed E-state index contributed by atoms with van der Waals surface area (Å²) >= 11 is 0. The fourth-order valence-electron chi connectivity index (χ4n) is 3.64. The molecule has 0 aromatic heterocycles. The average Bonchev–Trinajstić information content (AvgIpc) is 2.67. The molecule has 0 saturated carbocycles. The number of nitrogens with two attached hydrogens (primary N) is 1. The summed E-state index contributed by atoms with van der Waals surface area (Å²) in [4.78, 5) is 26.7. The summed E-state index contributed by atoms with van der Waals surface area (Å²) in [5, 5.41) is 0. The minimum absolute atomic E-state index is 0.0672. The molecule has 0 saturated heterocycles. The fourth-order valence-corrected chi connectivity index (χ4v) is 3.64. The highest BCUT2D eigenvalue weighted by Crippen LogP contribution is 2.14. The summed E-state index contributed by atoms with van der Waals surface area (Å²) in [7, 11) is 0. The van der Waals surface area contributed by atoms with Crippen LogP contribution in [0.5, 0.6) is 0 Å². The van der Waals surface area contributed by atoms with Gasteiger partial charge in [0.15, 0.2) is 0 Å². The Morgan fingerprint density at radius 3 is 1.32 bits per heavy atom. The summed E-state index contributed by atoms with van der Waals surface area (Å²) in [5.74, 6) is -0.134. The van der Waals surface area contributed by atoms with Gasteiger partial charge in [-0.05, 0) is 19.3 Å². The first kappa shape index (κ1) is 27.1. The van der Waals surface area contributed by atoms with Crippen molar-refractivity contribution >= 4 is 11.8 Å². The molecular weight excluding hydrogens is 348 g/mol. The van der Waals surface area contributed by atoms with E-state index in [1.54, 1.807) is 0 Å². The van der Waals surface area contributed by atoms with Crippen LogP contribution in [0.2, 0.25) is 0 Å². The first-order chi connectivity index (χ1) is 13.6. The smallest absolute Gasteiger partial charge is 0.230 e.